The van der Waals surface area contributed by atoms with Crippen LogP contribution in [0.2, 0.25) is 0 Å². The standard InChI is InChI=1S/C28H29N7O3/c1-3-26(38)30-20-5-4-6-22(15-20)35-23(18-36)16-25(37)24-17-29-28(32-27(24)35)31-19-7-9-21(10-8-19)34-13-11-33(2)12-14-34/h3-10,15-17,36H,1,11-14,18H2,2H3,(H,30,38)(H,29,31,32). The molecule has 0 bridgehead atoms. The number of amides is 1. The first-order valence-electron chi connectivity index (χ1n) is 12.3. The van der Waals surface area contributed by atoms with Crippen LogP contribution in [0.1, 0.15) is 5.69 Å². The van der Waals surface area contributed by atoms with E-state index in [1.54, 1.807) is 28.8 Å². The topological polar surface area (TPSA) is 116 Å². The molecule has 5 rings (SSSR count). The number of anilines is 4. The second-order valence-electron chi connectivity index (χ2n) is 9.13. The summed E-state index contributed by atoms with van der Waals surface area (Å²) < 4.78 is 1.68. The van der Waals surface area contributed by atoms with Crippen LogP contribution in [0.3, 0.4) is 0 Å². The molecular weight excluding hydrogens is 482 g/mol. The third-order valence-electron chi connectivity index (χ3n) is 6.54. The molecular formula is C28H29N7O3. The van der Waals surface area contributed by atoms with Gasteiger partial charge in [-0.2, -0.15) is 4.98 Å². The molecule has 1 aliphatic heterocycles. The highest BCUT2D eigenvalue weighted by molar-refractivity contribution is 5.99. The Morgan fingerprint density at radius 1 is 1.05 bits per heavy atom. The van der Waals surface area contributed by atoms with Crippen molar-refractivity contribution < 1.29 is 9.90 Å². The van der Waals surface area contributed by atoms with E-state index in [1.165, 1.54) is 18.3 Å². The van der Waals surface area contributed by atoms with Crippen LogP contribution in [0, 0.1) is 0 Å². The first-order chi connectivity index (χ1) is 18.4. The van der Waals surface area contributed by atoms with Crippen LogP contribution in [0.5, 0.6) is 0 Å². The molecule has 194 valence electrons. The summed E-state index contributed by atoms with van der Waals surface area (Å²) in [5.74, 6) is -0.0362. The molecule has 3 heterocycles. The number of nitrogens with zero attached hydrogens (tertiary/aromatic N) is 5. The minimum absolute atomic E-state index is 0.292. The lowest BCUT2D eigenvalue weighted by molar-refractivity contribution is -0.111. The fraction of sp³-hybridized carbons (Fsp3) is 0.214. The molecule has 38 heavy (non-hydrogen) atoms. The second-order valence-corrected chi connectivity index (χ2v) is 9.13. The number of aromatic nitrogens is 3. The average molecular weight is 512 g/mol. The molecule has 10 heteroatoms. The summed E-state index contributed by atoms with van der Waals surface area (Å²) in [5, 5.41) is 16.3. The van der Waals surface area contributed by atoms with Crippen molar-refractivity contribution in [2.45, 2.75) is 6.61 Å². The second kappa shape index (κ2) is 10.8. The Labute approximate surface area is 219 Å². The van der Waals surface area contributed by atoms with Gasteiger partial charge in [0, 0.05) is 61.2 Å². The number of nitrogens with one attached hydrogen (secondary N) is 2. The number of benzene rings is 2. The fourth-order valence-corrected chi connectivity index (χ4v) is 4.48. The van der Waals surface area contributed by atoms with Gasteiger partial charge in [0.15, 0.2) is 11.1 Å². The van der Waals surface area contributed by atoms with Crippen LogP contribution < -0.4 is 21.0 Å². The molecule has 0 unspecified atom stereocenters. The number of hydrogen-bond acceptors (Lipinski definition) is 8. The Morgan fingerprint density at radius 2 is 1.82 bits per heavy atom. The van der Waals surface area contributed by atoms with E-state index in [4.69, 9.17) is 0 Å². The third-order valence-corrected chi connectivity index (χ3v) is 6.54. The Bertz CT molecular complexity index is 1540. The number of hydrogen-bond donors (Lipinski definition) is 3. The number of rotatable bonds is 7. The van der Waals surface area contributed by atoms with E-state index in [9.17, 15) is 14.7 Å². The quantitative estimate of drug-likeness (QED) is 0.325. The van der Waals surface area contributed by atoms with Crippen LogP contribution in [-0.2, 0) is 11.4 Å². The van der Waals surface area contributed by atoms with Gasteiger partial charge >= 0.3 is 0 Å². The van der Waals surface area contributed by atoms with E-state index < -0.39 is 0 Å². The zero-order valence-corrected chi connectivity index (χ0v) is 21.1. The highest BCUT2D eigenvalue weighted by atomic mass is 16.3. The van der Waals surface area contributed by atoms with Gasteiger partial charge in [0.05, 0.1) is 17.7 Å². The van der Waals surface area contributed by atoms with Gasteiger partial charge in [0.25, 0.3) is 0 Å². The highest BCUT2D eigenvalue weighted by Crippen LogP contribution is 2.24. The Morgan fingerprint density at radius 3 is 2.53 bits per heavy atom. The maximum Gasteiger partial charge on any atom is 0.247 e. The maximum atomic E-state index is 12.8. The average Bonchev–Trinajstić information content (AvgIpc) is 2.93. The zero-order valence-electron chi connectivity index (χ0n) is 21.1. The normalized spacial score (nSPS) is 13.9. The van der Waals surface area contributed by atoms with Gasteiger partial charge in [0.2, 0.25) is 11.9 Å². The molecule has 2 aromatic heterocycles. The molecule has 1 aliphatic rings. The Kier molecular flexibility index (Phi) is 7.16. The summed E-state index contributed by atoms with van der Waals surface area (Å²) >= 11 is 0. The number of pyridine rings is 1. The van der Waals surface area contributed by atoms with Crippen molar-refractivity contribution in [3.05, 3.63) is 89.4 Å². The SMILES string of the molecule is C=CC(=O)Nc1cccc(-n2c(CO)cc(=O)c3cnc(Nc4ccc(N5CCN(C)CC5)cc4)nc32)c1. The predicted molar refractivity (Wildman–Crippen MR) is 149 cm³/mol. The van der Waals surface area contributed by atoms with E-state index in [-0.39, 0.29) is 17.9 Å². The Balaban J connectivity index is 1.49. The van der Waals surface area contributed by atoms with E-state index >= 15 is 0 Å². The zero-order chi connectivity index (χ0) is 26.6. The van der Waals surface area contributed by atoms with E-state index in [1.807, 2.05) is 12.1 Å². The summed E-state index contributed by atoms with van der Waals surface area (Å²) in [7, 11) is 2.13. The highest BCUT2D eigenvalue weighted by Gasteiger charge is 2.16. The van der Waals surface area contributed by atoms with Gasteiger partial charge in [-0.1, -0.05) is 12.6 Å². The fourth-order valence-electron chi connectivity index (χ4n) is 4.48. The molecule has 0 atom stereocenters. The molecule has 1 amide bonds. The monoisotopic (exact) mass is 511 g/mol. The first-order valence-corrected chi connectivity index (χ1v) is 12.3. The van der Waals surface area contributed by atoms with Crippen LogP contribution in [0.15, 0.2) is 78.2 Å². The van der Waals surface area contributed by atoms with E-state index in [2.05, 4.69) is 56.2 Å². The summed E-state index contributed by atoms with van der Waals surface area (Å²) in [6.07, 6.45) is 2.66. The summed E-state index contributed by atoms with van der Waals surface area (Å²) in [6, 6.07) is 16.5. The lowest BCUT2D eigenvalue weighted by atomic mass is 10.2. The molecule has 0 saturated carbocycles. The first kappa shape index (κ1) is 25.1. The molecule has 10 nitrogen and oxygen atoms in total. The number of aliphatic hydroxyl groups excluding tert-OH is 1. The number of piperazine rings is 1. The number of fused-ring (bicyclic) bond motifs is 1. The molecule has 3 N–H and O–H groups in total. The van der Waals surface area contributed by atoms with Gasteiger partial charge in [-0.15, -0.1) is 0 Å². The Hall–Kier alpha value is -4.54. The summed E-state index contributed by atoms with van der Waals surface area (Å²) in [6.45, 7) is 7.14. The molecule has 2 aromatic carbocycles. The number of aliphatic hydroxyl groups is 1. The minimum atomic E-state index is -0.380. The molecule has 0 aliphatic carbocycles. The molecule has 4 aromatic rings. The van der Waals surface area contributed by atoms with Gasteiger partial charge < -0.3 is 25.5 Å². The minimum Gasteiger partial charge on any atom is -0.390 e. The van der Waals surface area contributed by atoms with Gasteiger partial charge in [-0.25, -0.2) is 4.98 Å². The van der Waals surface area contributed by atoms with Crippen molar-refractivity contribution in [2.75, 3.05) is 48.8 Å². The van der Waals surface area contributed by atoms with Gasteiger partial charge in [0.1, 0.15) is 0 Å². The van der Waals surface area contributed by atoms with Crippen molar-refractivity contribution in [3.8, 4) is 5.69 Å². The van der Waals surface area contributed by atoms with Crippen molar-refractivity contribution in [1.29, 1.82) is 0 Å². The van der Waals surface area contributed by atoms with E-state index in [0.29, 0.717) is 34.1 Å². The summed E-state index contributed by atoms with van der Waals surface area (Å²) in [5.41, 5.74) is 3.52. The van der Waals surface area contributed by atoms with Crippen molar-refractivity contribution in [2.24, 2.45) is 0 Å². The van der Waals surface area contributed by atoms with Crippen LogP contribution in [-0.4, -0.2) is 63.7 Å². The largest absolute Gasteiger partial charge is 0.390 e. The van der Waals surface area contributed by atoms with Crippen molar-refractivity contribution >= 4 is 40.0 Å². The van der Waals surface area contributed by atoms with E-state index in [0.717, 1.165) is 37.6 Å². The number of likely N-dealkylation sites (N-methyl/N-ethyl adjacent to an activating group) is 1. The molecule has 1 saturated heterocycles. The molecule has 1 fully saturated rings. The molecule has 0 radical (unpaired) electrons. The lowest BCUT2D eigenvalue weighted by Gasteiger charge is -2.34. The van der Waals surface area contributed by atoms with Gasteiger partial charge in [-0.05, 0) is 55.6 Å². The lowest BCUT2D eigenvalue weighted by Crippen LogP contribution is -2.44. The number of carbonyl (C=O) groups is 1. The number of carbonyl (C=O) groups excluding carboxylic acids is 1. The summed E-state index contributed by atoms with van der Waals surface area (Å²) in [4.78, 5) is 38.3. The maximum absolute atomic E-state index is 12.8. The molecule has 0 spiro atoms. The van der Waals surface area contributed by atoms with Crippen LogP contribution in [0.4, 0.5) is 23.0 Å². The van der Waals surface area contributed by atoms with Crippen molar-refractivity contribution in [1.82, 2.24) is 19.4 Å². The van der Waals surface area contributed by atoms with Crippen LogP contribution >= 0.6 is 0 Å². The smallest absolute Gasteiger partial charge is 0.247 e. The third kappa shape index (κ3) is 5.26. The predicted octanol–water partition coefficient (Wildman–Crippen LogP) is 2.89. The van der Waals surface area contributed by atoms with Crippen molar-refractivity contribution in [3.63, 3.8) is 0 Å². The van der Waals surface area contributed by atoms with Gasteiger partial charge in [-0.3, -0.25) is 14.2 Å². The van der Waals surface area contributed by atoms with Crippen LogP contribution in [0.25, 0.3) is 16.7 Å².